The zero-order valence-electron chi connectivity index (χ0n) is 15.2. The number of aromatic nitrogens is 1. The predicted molar refractivity (Wildman–Crippen MR) is 97.1 cm³/mol. The number of hydrogen-bond donors (Lipinski definition) is 2. The molecule has 1 aromatic rings. The minimum atomic E-state index is -0.275. The Bertz CT molecular complexity index is 596. The van der Waals surface area contributed by atoms with Crippen molar-refractivity contribution < 1.29 is 14.6 Å². The van der Waals surface area contributed by atoms with Gasteiger partial charge in [-0.2, -0.15) is 0 Å². The smallest absolute Gasteiger partial charge is 0.270 e. The van der Waals surface area contributed by atoms with Crippen molar-refractivity contribution in [3.63, 3.8) is 0 Å². The van der Waals surface area contributed by atoms with Gasteiger partial charge in [0.2, 0.25) is 5.88 Å². The number of rotatable bonds is 8. The van der Waals surface area contributed by atoms with Crippen molar-refractivity contribution in [1.29, 1.82) is 0 Å². The lowest BCUT2D eigenvalue weighted by molar-refractivity contribution is 0.0890. The molecule has 2 heterocycles. The van der Waals surface area contributed by atoms with Gasteiger partial charge >= 0.3 is 0 Å². The maximum absolute atomic E-state index is 12.5. The van der Waals surface area contributed by atoms with Gasteiger partial charge in [-0.05, 0) is 49.7 Å². The quantitative estimate of drug-likeness (QED) is 0.754. The van der Waals surface area contributed by atoms with Crippen molar-refractivity contribution in [2.75, 3.05) is 31.2 Å². The monoisotopic (exact) mass is 347 g/mol. The Morgan fingerprint density at radius 1 is 1.36 bits per heavy atom. The first-order valence-electron chi connectivity index (χ1n) is 9.39. The molecular weight excluding hydrogens is 318 g/mol. The number of nitrogens with one attached hydrogen (secondary N) is 1. The van der Waals surface area contributed by atoms with Gasteiger partial charge in [0.05, 0.1) is 24.9 Å². The van der Waals surface area contributed by atoms with Gasteiger partial charge in [0.15, 0.2) is 0 Å². The van der Waals surface area contributed by atoms with E-state index in [1.807, 2.05) is 19.9 Å². The molecule has 6 heteroatoms. The number of nitrogens with zero attached hydrogens (tertiary/aromatic N) is 2. The molecule has 2 aliphatic rings. The summed E-state index contributed by atoms with van der Waals surface area (Å²) in [6.07, 6.45) is 4.78. The van der Waals surface area contributed by atoms with E-state index in [1.54, 1.807) is 6.07 Å². The number of carbonyl (C=O) groups excluding carboxylic acids is 1. The second-order valence-corrected chi connectivity index (χ2v) is 7.48. The summed E-state index contributed by atoms with van der Waals surface area (Å²) < 4.78 is 5.96. The molecule has 2 fully saturated rings. The second-order valence-electron chi connectivity index (χ2n) is 7.48. The Hall–Kier alpha value is -1.82. The van der Waals surface area contributed by atoms with Crippen LogP contribution in [0.1, 0.15) is 50.0 Å². The molecule has 1 aliphatic carbocycles. The van der Waals surface area contributed by atoms with Crippen molar-refractivity contribution in [2.45, 2.75) is 45.6 Å². The minimum absolute atomic E-state index is 0.0830. The Labute approximate surface area is 149 Å². The van der Waals surface area contributed by atoms with Gasteiger partial charge < -0.3 is 20.1 Å². The van der Waals surface area contributed by atoms with E-state index in [1.165, 1.54) is 25.7 Å². The molecule has 1 aromatic heterocycles. The van der Waals surface area contributed by atoms with Crippen LogP contribution in [0.15, 0.2) is 12.1 Å². The van der Waals surface area contributed by atoms with E-state index in [0.29, 0.717) is 24.1 Å². The molecule has 0 aromatic carbocycles. The Kier molecular flexibility index (Phi) is 5.78. The van der Waals surface area contributed by atoms with Crippen LogP contribution in [0.4, 0.5) is 5.69 Å². The first kappa shape index (κ1) is 18.0. The summed E-state index contributed by atoms with van der Waals surface area (Å²) in [5.74, 6) is 1.08. The third-order valence-corrected chi connectivity index (χ3v) is 4.99. The SMILES string of the molecule is CC(C)C(CO)NC(=O)c1ccc(N2CCCC2)c(OCC2CC2)n1. The van der Waals surface area contributed by atoms with E-state index in [0.717, 1.165) is 18.8 Å². The van der Waals surface area contributed by atoms with Crippen LogP contribution in [0.2, 0.25) is 0 Å². The van der Waals surface area contributed by atoms with Crippen LogP contribution >= 0.6 is 0 Å². The molecule has 1 atom stereocenters. The lowest BCUT2D eigenvalue weighted by atomic mass is 10.1. The average Bonchev–Trinajstić information content (AvgIpc) is 3.28. The van der Waals surface area contributed by atoms with E-state index in [4.69, 9.17) is 4.74 Å². The van der Waals surface area contributed by atoms with Crippen LogP contribution in [0.5, 0.6) is 5.88 Å². The van der Waals surface area contributed by atoms with Gasteiger partial charge in [0, 0.05) is 13.1 Å². The fourth-order valence-electron chi connectivity index (χ4n) is 3.01. The first-order chi connectivity index (χ1) is 12.1. The zero-order chi connectivity index (χ0) is 17.8. The van der Waals surface area contributed by atoms with Crippen LogP contribution in [0, 0.1) is 11.8 Å². The lowest BCUT2D eigenvalue weighted by Crippen LogP contribution is -2.41. The molecule has 25 heavy (non-hydrogen) atoms. The van der Waals surface area contributed by atoms with E-state index >= 15 is 0 Å². The van der Waals surface area contributed by atoms with Gasteiger partial charge in [-0.15, -0.1) is 0 Å². The predicted octanol–water partition coefficient (Wildman–Crippen LogP) is 2.22. The molecule has 1 saturated heterocycles. The lowest BCUT2D eigenvalue weighted by Gasteiger charge is -2.22. The fourth-order valence-corrected chi connectivity index (χ4v) is 3.01. The van der Waals surface area contributed by atoms with Crippen LogP contribution < -0.4 is 15.0 Å². The number of anilines is 1. The van der Waals surface area contributed by atoms with Crippen molar-refractivity contribution in [1.82, 2.24) is 10.3 Å². The number of aliphatic hydroxyl groups excluding tert-OH is 1. The highest BCUT2D eigenvalue weighted by Gasteiger charge is 2.25. The van der Waals surface area contributed by atoms with E-state index in [9.17, 15) is 9.90 Å². The standard InChI is InChI=1S/C19H29N3O3/c1-13(2)16(11-23)20-18(24)15-7-8-17(22-9-3-4-10-22)19(21-15)25-12-14-5-6-14/h7-8,13-14,16,23H,3-6,9-12H2,1-2H3,(H,20,24). The zero-order valence-corrected chi connectivity index (χ0v) is 15.2. The number of carbonyl (C=O) groups is 1. The number of amides is 1. The van der Waals surface area contributed by atoms with Crippen molar-refractivity contribution in [3.05, 3.63) is 17.8 Å². The fraction of sp³-hybridized carbons (Fsp3) is 0.684. The summed E-state index contributed by atoms with van der Waals surface area (Å²) >= 11 is 0. The van der Waals surface area contributed by atoms with Gasteiger partial charge in [-0.1, -0.05) is 13.8 Å². The molecule has 0 spiro atoms. The molecule has 1 amide bonds. The number of hydrogen-bond acceptors (Lipinski definition) is 5. The minimum Gasteiger partial charge on any atom is -0.476 e. The second kappa shape index (κ2) is 8.04. The highest BCUT2D eigenvalue weighted by atomic mass is 16.5. The van der Waals surface area contributed by atoms with Crippen LogP contribution in [-0.4, -0.2) is 48.3 Å². The van der Waals surface area contributed by atoms with E-state index in [2.05, 4.69) is 15.2 Å². The number of aliphatic hydroxyl groups is 1. The molecule has 1 unspecified atom stereocenters. The summed E-state index contributed by atoms with van der Waals surface area (Å²) in [7, 11) is 0. The largest absolute Gasteiger partial charge is 0.476 e. The molecule has 3 rings (SSSR count). The summed E-state index contributed by atoms with van der Waals surface area (Å²) in [4.78, 5) is 19.3. The normalized spacial score (nSPS) is 18.5. The van der Waals surface area contributed by atoms with Crippen molar-refractivity contribution in [3.8, 4) is 5.88 Å². The highest BCUT2D eigenvalue weighted by Crippen LogP contribution is 2.33. The molecule has 1 saturated carbocycles. The molecule has 0 radical (unpaired) electrons. The third kappa shape index (κ3) is 4.63. The highest BCUT2D eigenvalue weighted by molar-refractivity contribution is 5.93. The topological polar surface area (TPSA) is 74.7 Å². The number of pyridine rings is 1. The summed E-state index contributed by atoms with van der Waals surface area (Å²) in [6, 6.07) is 3.42. The average molecular weight is 347 g/mol. The molecule has 2 N–H and O–H groups in total. The first-order valence-corrected chi connectivity index (χ1v) is 9.39. The van der Waals surface area contributed by atoms with E-state index in [-0.39, 0.29) is 24.5 Å². The van der Waals surface area contributed by atoms with Crippen molar-refractivity contribution >= 4 is 11.6 Å². The van der Waals surface area contributed by atoms with Gasteiger partial charge in [-0.25, -0.2) is 4.98 Å². The van der Waals surface area contributed by atoms with Crippen LogP contribution in [0.3, 0.4) is 0 Å². The Morgan fingerprint density at radius 2 is 2.08 bits per heavy atom. The maximum Gasteiger partial charge on any atom is 0.270 e. The van der Waals surface area contributed by atoms with Crippen molar-refractivity contribution in [2.24, 2.45) is 11.8 Å². The molecule has 138 valence electrons. The van der Waals surface area contributed by atoms with Gasteiger partial charge in [-0.3, -0.25) is 4.79 Å². The third-order valence-electron chi connectivity index (χ3n) is 4.99. The molecule has 6 nitrogen and oxygen atoms in total. The molecule has 0 bridgehead atoms. The Morgan fingerprint density at radius 3 is 2.68 bits per heavy atom. The summed E-state index contributed by atoms with van der Waals surface area (Å²) in [5.41, 5.74) is 1.32. The number of ether oxygens (including phenoxy) is 1. The van der Waals surface area contributed by atoms with E-state index < -0.39 is 0 Å². The molecular formula is C19H29N3O3. The van der Waals surface area contributed by atoms with Gasteiger partial charge in [0.1, 0.15) is 5.69 Å². The van der Waals surface area contributed by atoms with Crippen LogP contribution in [0.25, 0.3) is 0 Å². The van der Waals surface area contributed by atoms with Crippen LogP contribution in [-0.2, 0) is 0 Å². The summed E-state index contributed by atoms with van der Waals surface area (Å²) in [6.45, 7) is 6.54. The summed E-state index contributed by atoms with van der Waals surface area (Å²) in [5, 5.41) is 12.3. The van der Waals surface area contributed by atoms with Gasteiger partial charge in [0.25, 0.3) is 5.91 Å². The molecule has 1 aliphatic heterocycles. The Balaban J connectivity index is 1.76. The maximum atomic E-state index is 12.5.